The van der Waals surface area contributed by atoms with Crippen LogP contribution in [0.25, 0.3) is 10.8 Å². The molecule has 21 heavy (non-hydrogen) atoms. The van der Waals surface area contributed by atoms with Crippen molar-refractivity contribution in [2.24, 2.45) is 0 Å². The van der Waals surface area contributed by atoms with Crippen molar-refractivity contribution in [2.75, 3.05) is 0 Å². The van der Waals surface area contributed by atoms with Crippen LogP contribution in [0.5, 0.6) is 0 Å². The third-order valence-electron chi connectivity index (χ3n) is 3.52. The van der Waals surface area contributed by atoms with Gasteiger partial charge >= 0.3 is 17.1 Å². The van der Waals surface area contributed by atoms with Gasteiger partial charge in [-0.25, -0.2) is 19.0 Å². The molecule has 0 amide bonds. The first kappa shape index (κ1) is 13.1. The number of benzene rings is 2. The summed E-state index contributed by atoms with van der Waals surface area (Å²) in [6.45, 7) is 1.74. The molecule has 0 radical (unpaired) electrons. The summed E-state index contributed by atoms with van der Waals surface area (Å²) in [7, 11) is 0. The Bertz CT molecular complexity index is 947. The highest BCUT2D eigenvalue weighted by molar-refractivity contribution is 5.83. The summed E-state index contributed by atoms with van der Waals surface area (Å²) in [6, 6.07) is 13.1. The summed E-state index contributed by atoms with van der Waals surface area (Å²) in [5.41, 5.74) is -1.42. The van der Waals surface area contributed by atoms with Gasteiger partial charge in [0, 0.05) is 0 Å². The van der Waals surface area contributed by atoms with E-state index in [9.17, 15) is 14.4 Å². The smallest absolute Gasteiger partial charge is 0.259 e. The molecule has 0 fully saturated rings. The van der Waals surface area contributed by atoms with E-state index in [-0.39, 0.29) is 0 Å². The Morgan fingerprint density at radius 2 is 1.52 bits per heavy atom. The molecule has 0 unspecified atom stereocenters. The first-order chi connectivity index (χ1) is 10.1. The Balaban J connectivity index is 2.17. The highest BCUT2D eigenvalue weighted by Crippen LogP contribution is 2.21. The standard InChI is InChI=1S/C15H13N3O3/c1-9(18-14(20)16-13(19)17-15(18)21)11-7-6-10-4-2-3-5-12(10)8-11/h2-9H,1H3,(H2,16,17,19,20,21)/t9-/m1/s1. The Morgan fingerprint density at radius 1 is 0.905 bits per heavy atom. The van der Waals surface area contributed by atoms with Crippen LogP contribution in [-0.4, -0.2) is 14.5 Å². The second kappa shape index (κ2) is 4.90. The zero-order chi connectivity index (χ0) is 15.0. The van der Waals surface area contributed by atoms with Gasteiger partial charge in [0.1, 0.15) is 0 Å². The molecule has 2 N–H and O–H groups in total. The molecule has 3 aromatic rings. The Morgan fingerprint density at radius 3 is 2.19 bits per heavy atom. The number of nitrogens with one attached hydrogen (secondary N) is 2. The molecule has 1 aromatic heterocycles. The van der Waals surface area contributed by atoms with Crippen LogP contribution in [0, 0.1) is 0 Å². The maximum Gasteiger partial charge on any atom is 0.334 e. The van der Waals surface area contributed by atoms with Crippen molar-refractivity contribution >= 4 is 10.8 Å². The molecule has 0 aliphatic rings. The highest BCUT2D eigenvalue weighted by atomic mass is 16.2. The highest BCUT2D eigenvalue weighted by Gasteiger charge is 2.13. The molecule has 0 aliphatic heterocycles. The van der Waals surface area contributed by atoms with Gasteiger partial charge in [0.25, 0.3) is 0 Å². The first-order valence-corrected chi connectivity index (χ1v) is 6.50. The van der Waals surface area contributed by atoms with E-state index < -0.39 is 23.1 Å². The Kier molecular flexibility index (Phi) is 3.06. The molecule has 0 saturated carbocycles. The van der Waals surface area contributed by atoms with Crippen LogP contribution in [0.1, 0.15) is 18.5 Å². The summed E-state index contributed by atoms with van der Waals surface area (Å²) in [5, 5.41) is 2.10. The van der Waals surface area contributed by atoms with Crippen LogP contribution in [0.3, 0.4) is 0 Å². The summed E-state index contributed by atoms with van der Waals surface area (Å²) in [5.74, 6) is 0. The van der Waals surface area contributed by atoms with E-state index in [1.54, 1.807) is 6.92 Å². The predicted octanol–water partition coefficient (Wildman–Crippen LogP) is 0.987. The van der Waals surface area contributed by atoms with Crippen molar-refractivity contribution in [3.8, 4) is 0 Å². The van der Waals surface area contributed by atoms with Crippen molar-refractivity contribution in [2.45, 2.75) is 13.0 Å². The van der Waals surface area contributed by atoms with Gasteiger partial charge in [-0.2, -0.15) is 0 Å². The molecular weight excluding hydrogens is 270 g/mol. The molecular formula is C15H13N3O3. The van der Waals surface area contributed by atoms with E-state index in [2.05, 4.69) is 9.97 Å². The number of fused-ring (bicyclic) bond motifs is 1. The van der Waals surface area contributed by atoms with Crippen LogP contribution in [0.4, 0.5) is 0 Å². The first-order valence-electron chi connectivity index (χ1n) is 6.50. The molecule has 3 rings (SSSR count). The topological polar surface area (TPSA) is 87.7 Å². The summed E-state index contributed by atoms with van der Waals surface area (Å²) < 4.78 is 0.992. The normalized spacial score (nSPS) is 12.4. The van der Waals surface area contributed by atoms with E-state index in [0.717, 1.165) is 20.9 Å². The van der Waals surface area contributed by atoms with Gasteiger partial charge in [0.15, 0.2) is 0 Å². The fourth-order valence-electron chi connectivity index (χ4n) is 2.41. The van der Waals surface area contributed by atoms with Crippen molar-refractivity contribution < 1.29 is 0 Å². The number of aromatic amines is 2. The van der Waals surface area contributed by atoms with Crippen LogP contribution < -0.4 is 17.1 Å². The fraction of sp³-hybridized carbons (Fsp3) is 0.133. The number of nitrogens with zero attached hydrogens (tertiary/aromatic N) is 1. The van der Waals surface area contributed by atoms with E-state index in [0.29, 0.717) is 0 Å². The van der Waals surface area contributed by atoms with Crippen LogP contribution >= 0.6 is 0 Å². The average Bonchev–Trinajstić information content (AvgIpc) is 2.45. The van der Waals surface area contributed by atoms with Crippen LogP contribution in [0.2, 0.25) is 0 Å². The molecule has 1 atom stereocenters. The van der Waals surface area contributed by atoms with E-state index in [1.807, 2.05) is 42.5 Å². The van der Waals surface area contributed by atoms with Gasteiger partial charge in [-0.1, -0.05) is 36.4 Å². The van der Waals surface area contributed by atoms with Crippen molar-refractivity contribution in [1.82, 2.24) is 14.5 Å². The lowest BCUT2D eigenvalue weighted by Gasteiger charge is -2.14. The van der Waals surface area contributed by atoms with E-state index in [4.69, 9.17) is 0 Å². The van der Waals surface area contributed by atoms with Gasteiger partial charge in [-0.05, 0) is 29.3 Å². The second-order valence-electron chi connectivity index (χ2n) is 4.84. The lowest BCUT2D eigenvalue weighted by molar-refractivity contribution is 0.552. The quantitative estimate of drug-likeness (QED) is 0.735. The fourth-order valence-corrected chi connectivity index (χ4v) is 2.41. The number of hydrogen-bond donors (Lipinski definition) is 2. The second-order valence-corrected chi connectivity index (χ2v) is 4.84. The van der Waals surface area contributed by atoms with E-state index in [1.165, 1.54) is 0 Å². The summed E-state index contributed by atoms with van der Waals surface area (Å²) in [4.78, 5) is 38.9. The maximum absolute atomic E-state index is 11.8. The molecule has 2 aromatic carbocycles. The van der Waals surface area contributed by atoms with Crippen LogP contribution in [-0.2, 0) is 0 Å². The third-order valence-corrected chi connectivity index (χ3v) is 3.52. The minimum atomic E-state index is -0.799. The third kappa shape index (κ3) is 2.31. The minimum absolute atomic E-state index is 0.484. The SMILES string of the molecule is C[C@H](c1ccc2ccccc2c1)n1c(=O)[nH]c(=O)[nH]c1=O. The molecule has 6 nitrogen and oxygen atoms in total. The van der Waals surface area contributed by atoms with Crippen molar-refractivity contribution in [3.05, 3.63) is 79.5 Å². The van der Waals surface area contributed by atoms with Crippen molar-refractivity contribution in [1.29, 1.82) is 0 Å². The summed E-state index contributed by atoms with van der Waals surface area (Å²) >= 11 is 0. The molecule has 106 valence electrons. The maximum atomic E-state index is 11.8. The van der Waals surface area contributed by atoms with Gasteiger partial charge in [0.05, 0.1) is 6.04 Å². The van der Waals surface area contributed by atoms with Gasteiger partial charge in [-0.3, -0.25) is 9.97 Å². The molecule has 1 heterocycles. The molecule has 0 bridgehead atoms. The molecule has 0 saturated heterocycles. The summed E-state index contributed by atoms with van der Waals surface area (Å²) in [6.07, 6.45) is 0. The van der Waals surface area contributed by atoms with Crippen LogP contribution in [0.15, 0.2) is 56.8 Å². The lowest BCUT2D eigenvalue weighted by Crippen LogP contribution is -2.44. The Labute approximate surface area is 118 Å². The monoisotopic (exact) mass is 283 g/mol. The number of H-pyrrole nitrogens is 2. The largest absolute Gasteiger partial charge is 0.334 e. The Hall–Kier alpha value is -2.89. The van der Waals surface area contributed by atoms with Gasteiger partial charge < -0.3 is 0 Å². The molecule has 6 heteroatoms. The van der Waals surface area contributed by atoms with E-state index >= 15 is 0 Å². The van der Waals surface area contributed by atoms with Gasteiger partial charge in [-0.15, -0.1) is 0 Å². The average molecular weight is 283 g/mol. The lowest BCUT2D eigenvalue weighted by atomic mass is 10.0. The minimum Gasteiger partial charge on any atom is -0.259 e. The zero-order valence-electron chi connectivity index (χ0n) is 11.3. The molecule has 0 spiro atoms. The number of aromatic nitrogens is 3. The number of rotatable bonds is 2. The van der Waals surface area contributed by atoms with Crippen molar-refractivity contribution in [3.63, 3.8) is 0 Å². The van der Waals surface area contributed by atoms with Gasteiger partial charge in [0.2, 0.25) is 0 Å². The molecule has 0 aliphatic carbocycles. The zero-order valence-corrected chi connectivity index (χ0v) is 11.3. The predicted molar refractivity (Wildman–Crippen MR) is 79.7 cm³/mol. The number of hydrogen-bond acceptors (Lipinski definition) is 3.